The first-order valence-electron chi connectivity index (χ1n) is 6.04. The van der Waals surface area contributed by atoms with Gasteiger partial charge in [-0.05, 0) is 19.1 Å². The van der Waals surface area contributed by atoms with Crippen LogP contribution in [0.3, 0.4) is 0 Å². The topological polar surface area (TPSA) is 70.7 Å². The smallest absolute Gasteiger partial charge is 0.325 e. The zero-order chi connectivity index (χ0) is 13.8. The Bertz CT molecular complexity index is 475. The highest BCUT2D eigenvalue weighted by atomic mass is 32.1. The standard InChI is InChI=1S/C12H17N3O3S/c1-8-3-4-10(19-8)9(18-2)7-14-12(17)15-6-5-13-11(15)16/h3-4,9H,5-7H2,1-2H3,(H,13,16)(H,14,17). The number of rotatable bonds is 4. The van der Waals surface area contributed by atoms with Crippen LogP contribution in [-0.4, -0.2) is 43.7 Å². The summed E-state index contributed by atoms with van der Waals surface area (Å²) in [5, 5.41) is 5.31. The van der Waals surface area contributed by atoms with Gasteiger partial charge in [0.2, 0.25) is 0 Å². The van der Waals surface area contributed by atoms with E-state index in [1.165, 1.54) is 4.88 Å². The summed E-state index contributed by atoms with van der Waals surface area (Å²) in [6, 6.07) is 3.27. The molecule has 0 spiro atoms. The highest BCUT2D eigenvalue weighted by molar-refractivity contribution is 7.12. The van der Waals surface area contributed by atoms with Gasteiger partial charge >= 0.3 is 12.1 Å². The molecule has 1 saturated heterocycles. The number of aryl methyl sites for hydroxylation is 1. The monoisotopic (exact) mass is 283 g/mol. The van der Waals surface area contributed by atoms with Crippen molar-refractivity contribution < 1.29 is 14.3 Å². The van der Waals surface area contributed by atoms with E-state index in [9.17, 15) is 9.59 Å². The van der Waals surface area contributed by atoms with E-state index in [0.717, 1.165) is 9.78 Å². The number of nitrogens with one attached hydrogen (secondary N) is 2. The van der Waals surface area contributed by atoms with Crippen molar-refractivity contribution in [1.29, 1.82) is 0 Å². The number of urea groups is 2. The van der Waals surface area contributed by atoms with Crippen molar-refractivity contribution in [2.45, 2.75) is 13.0 Å². The summed E-state index contributed by atoms with van der Waals surface area (Å²) in [5.41, 5.74) is 0. The third-order valence-corrected chi connectivity index (χ3v) is 4.00. The van der Waals surface area contributed by atoms with Gasteiger partial charge in [-0.15, -0.1) is 11.3 Å². The fourth-order valence-electron chi connectivity index (χ4n) is 1.87. The van der Waals surface area contributed by atoms with Crippen molar-refractivity contribution in [1.82, 2.24) is 15.5 Å². The van der Waals surface area contributed by atoms with Crippen molar-refractivity contribution in [2.24, 2.45) is 0 Å². The second-order valence-corrected chi connectivity index (χ2v) is 5.56. The van der Waals surface area contributed by atoms with Gasteiger partial charge in [0, 0.05) is 30.0 Å². The van der Waals surface area contributed by atoms with Crippen molar-refractivity contribution >= 4 is 23.4 Å². The van der Waals surface area contributed by atoms with Crippen LogP contribution in [0.5, 0.6) is 0 Å². The Balaban J connectivity index is 1.89. The SMILES string of the molecule is COC(CNC(=O)N1CCNC1=O)c1ccc(C)s1. The lowest BCUT2D eigenvalue weighted by Crippen LogP contribution is -2.43. The molecule has 1 atom stereocenters. The van der Waals surface area contributed by atoms with Crippen LogP contribution >= 0.6 is 11.3 Å². The maximum absolute atomic E-state index is 11.8. The van der Waals surface area contributed by atoms with Crippen LogP contribution in [0, 0.1) is 6.92 Å². The molecule has 2 N–H and O–H groups in total. The molecular weight excluding hydrogens is 266 g/mol. The molecule has 4 amide bonds. The predicted molar refractivity (Wildman–Crippen MR) is 72.3 cm³/mol. The van der Waals surface area contributed by atoms with Crippen molar-refractivity contribution in [2.75, 3.05) is 26.7 Å². The Morgan fingerprint density at radius 3 is 2.95 bits per heavy atom. The predicted octanol–water partition coefficient (Wildman–Crippen LogP) is 1.48. The molecule has 1 unspecified atom stereocenters. The molecule has 1 aliphatic rings. The highest BCUT2D eigenvalue weighted by Crippen LogP contribution is 2.24. The summed E-state index contributed by atoms with van der Waals surface area (Å²) in [4.78, 5) is 26.6. The Morgan fingerprint density at radius 1 is 1.63 bits per heavy atom. The molecule has 0 bridgehead atoms. The first-order valence-corrected chi connectivity index (χ1v) is 6.86. The number of amides is 4. The molecule has 0 radical (unpaired) electrons. The first kappa shape index (κ1) is 13.8. The fourth-order valence-corrected chi connectivity index (χ4v) is 2.82. The number of carbonyl (C=O) groups is 2. The van der Waals surface area contributed by atoms with Gasteiger partial charge in [0.15, 0.2) is 0 Å². The van der Waals surface area contributed by atoms with Gasteiger partial charge in [0.25, 0.3) is 0 Å². The van der Waals surface area contributed by atoms with E-state index in [4.69, 9.17) is 4.74 Å². The molecule has 1 aromatic heterocycles. The molecule has 1 aromatic rings. The summed E-state index contributed by atoms with van der Waals surface area (Å²) in [5.74, 6) is 0. The molecule has 2 rings (SSSR count). The van der Waals surface area contributed by atoms with Gasteiger partial charge in [0.1, 0.15) is 6.10 Å². The average molecular weight is 283 g/mol. The van der Waals surface area contributed by atoms with Crippen molar-refractivity contribution in [3.63, 3.8) is 0 Å². The summed E-state index contributed by atoms with van der Waals surface area (Å²) in [7, 11) is 1.61. The molecule has 19 heavy (non-hydrogen) atoms. The third kappa shape index (κ3) is 3.24. The number of carbonyl (C=O) groups excluding carboxylic acids is 2. The number of ether oxygens (including phenoxy) is 1. The van der Waals surface area contributed by atoms with Gasteiger partial charge < -0.3 is 15.4 Å². The minimum atomic E-state index is -0.384. The van der Waals surface area contributed by atoms with Crippen LogP contribution < -0.4 is 10.6 Å². The average Bonchev–Trinajstić information content (AvgIpc) is 2.99. The van der Waals surface area contributed by atoms with Crippen LogP contribution in [0.4, 0.5) is 9.59 Å². The normalized spacial score (nSPS) is 16.3. The highest BCUT2D eigenvalue weighted by Gasteiger charge is 2.26. The van der Waals surface area contributed by atoms with Crippen LogP contribution in [-0.2, 0) is 4.74 Å². The number of hydrogen-bond donors (Lipinski definition) is 2. The zero-order valence-electron chi connectivity index (χ0n) is 10.9. The largest absolute Gasteiger partial charge is 0.374 e. The lowest BCUT2D eigenvalue weighted by molar-refractivity contribution is 0.105. The van der Waals surface area contributed by atoms with Gasteiger partial charge in [-0.3, -0.25) is 0 Å². The molecule has 0 aromatic carbocycles. The maximum atomic E-state index is 11.8. The van der Waals surface area contributed by atoms with Gasteiger partial charge in [-0.2, -0.15) is 0 Å². The van der Waals surface area contributed by atoms with Crippen molar-refractivity contribution in [3.8, 4) is 0 Å². The minimum Gasteiger partial charge on any atom is -0.374 e. The van der Waals surface area contributed by atoms with Crippen LogP contribution in [0.1, 0.15) is 15.9 Å². The minimum absolute atomic E-state index is 0.187. The van der Waals surface area contributed by atoms with E-state index in [-0.39, 0.29) is 18.2 Å². The second-order valence-electron chi connectivity index (χ2n) is 4.24. The molecule has 0 saturated carbocycles. The molecule has 6 nitrogen and oxygen atoms in total. The van der Waals surface area contributed by atoms with Gasteiger partial charge in [-0.25, -0.2) is 14.5 Å². The van der Waals surface area contributed by atoms with Crippen LogP contribution in [0.25, 0.3) is 0 Å². The van der Waals surface area contributed by atoms with Crippen LogP contribution in [0.15, 0.2) is 12.1 Å². The summed E-state index contributed by atoms with van der Waals surface area (Å²) in [6.07, 6.45) is -0.187. The molecule has 1 aliphatic heterocycles. The van der Waals surface area contributed by atoms with Gasteiger partial charge in [0.05, 0.1) is 6.54 Å². The van der Waals surface area contributed by atoms with E-state index < -0.39 is 0 Å². The molecule has 0 aliphatic carbocycles. The fraction of sp³-hybridized carbons (Fsp3) is 0.500. The Kier molecular flexibility index (Phi) is 4.39. The van der Waals surface area contributed by atoms with E-state index in [2.05, 4.69) is 10.6 Å². The molecule has 7 heteroatoms. The molecule has 104 valence electrons. The summed E-state index contributed by atoms with van der Waals surface area (Å²) < 4.78 is 5.37. The van der Waals surface area contributed by atoms with Crippen LogP contribution in [0.2, 0.25) is 0 Å². The Hall–Kier alpha value is -1.60. The number of imide groups is 1. The van der Waals surface area contributed by atoms with E-state index in [1.807, 2.05) is 19.1 Å². The number of thiophene rings is 1. The third-order valence-electron chi connectivity index (χ3n) is 2.90. The quantitative estimate of drug-likeness (QED) is 0.879. The Morgan fingerprint density at radius 2 is 2.42 bits per heavy atom. The van der Waals surface area contributed by atoms with E-state index in [0.29, 0.717) is 19.6 Å². The zero-order valence-corrected chi connectivity index (χ0v) is 11.8. The number of methoxy groups -OCH3 is 1. The summed E-state index contributed by atoms with van der Waals surface area (Å²) >= 11 is 1.64. The first-order chi connectivity index (χ1) is 9.11. The molecule has 2 heterocycles. The molecular formula is C12H17N3O3S. The summed E-state index contributed by atoms with van der Waals surface area (Å²) in [6.45, 7) is 3.28. The maximum Gasteiger partial charge on any atom is 0.325 e. The lowest BCUT2D eigenvalue weighted by atomic mass is 10.3. The van der Waals surface area contributed by atoms with E-state index >= 15 is 0 Å². The Labute approximate surface area is 115 Å². The number of hydrogen-bond acceptors (Lipinski definition) is 4. The van der Waals surface area contributed by atoms with E-state index in [1.54, 1.807) is 18.4 Å². The molecule has 1 fully saturated rings. The second kappa shape index (κ2) is 6.03. The van der Waals surface area contributed by atoms with Crippen molar-refractivity contribution in [3.05, 3.63) is 21.9 Å². The lowest BCUT2D eigenvalue weighted by Gasteiger charge is -2.17. The number of nitrogens with zero attached hydrogens (tertiary/aromatic N) is 1. The van der Waals surface area contributed by atoms with Gasteiger partial charge in [-0.1, -0.05) is 0 Å².